The second-order valence-electron chi connectivity index (χ2n) is 9.71. The van der Waals surface area contributed by atoms with Crippen molar-refractivity contribution in [3.05, 3.63) is 71.8 Å². The Kier molecular flexibility index (Phi) is 8.73. The second kappa shape index (κ2) is 12.4. The minimum absolute atomic E-state index is 0.205. The van der Waals surface area contributed by atoms with Crippen molar-refractivity contribution in [2.75, 3.05) is 13.6 Å². The number of benzene rings is 2. The minimum Gasteiger partial charge on any atom is -0.354 e. The topological polar surface area (TPSA) is 137 Å². The van der Waals surface area contributed by atoms with Crippen LogP contribution in [0.4, 0.5) is 0 Å². The average Bonchev–Trinajstić information content (AvgIpc) is 3.55. The van der Waals surface area contributed by atoms with Gasteiger partial charge in [-0.15, -0.1) is 0 Å². The molecule has 2 aromatic carbocycles. The zero-order chi connectivity index (χ0) is 27.1. The van der Waals surface area contributed by atoms with Crippen LogP contribution in [0.3, 0.4) is 0 Å². The van der Waals surface area contributed by atoms with Gasteiger partial charge >= 0.3 is 0 Å². The van der Waals surface area contributed by atoms with Crippen LogP contribution in [0.25, 0.3) is 0 Å². The van der Waals surface area contributed by atoms with Crippen LogP contribution in [0.15, 0.2) is 60.7 Å². The number of nitrogens with one attached hydrogen (secondary N) is 4. The standard InChI is InChI=1S/C28H33N5O5/c1-33(23(17-19-10-6-3-7-11-19)27(37)31-21-14-15-29-25(21)35)28(38)22(16-18-8-4-2-5-9-18)32-26(36)20-12-13-24(34)30-20/h2-11,20-23H,12-17H2,1H3,(H,29,35)(H,30,34)(H,31,37)(H,32,36)/t20?,21-,22?,23+/m1/s1. The Labute approximate surface area is 221 Å². The molecule has 2 fully saturated rings. The molecule has 0 radical (unpaired) electrons. The number of hydrogen-bond acceptors (Lipinski definition) is 5. The van der Waals surface area contributed by atoms with Gasteiger partial charge in [-0.1, -0.05) is 60.7 Å². The summed E-state index contributed by atoms with van der Waals surface area (Å²) in [6, 6.07) is 15.3. The molecule has 0 aliphatic carbocycles. The summed E-state index contributed by atoms with van der Waals surface area (Å²) in [5.41, 5.74) is 1.68. The van der Waals surface area contributed by atoms with E-state index in [0.717, 1.165) is 11.1 Å². The van der Waals surface area contributed by atoms with Gasteiger partial charge in [0.05, 0.1) is 0 Å². The van der Waals surface area contributed by atoms with Crippen molar-refractivity contribution >= 4 is 29.5 Å². The fraction of sp³-hybridized carbons (Fsp3) is 0.393. The van der Waals surface area contributed by atoms with Gasteiger partial charge in [-0.3, -0.25) is 24.0 Å². The third-order valence-electron chi connectivity index (χ3n) is 6.96. The van der Waals surface area contributed by atoms with Crippen LogP contribution in [0, 0.1) is 0 Å². The van der Waals surface area contributed by atoms with E-state index >= 15 is 0 Å². The van der Waals surface area contributed by atoms with E-state index in [4.69, 9.17) is 0 Å². The molecule has 200 valence electrons. The van der Waals surface area contributed by atoms with Crippen LogP contribution in [0.1, 0.15) is 30.4 Å². The molecule has 2 saturated heterocycles. The monoisotopic (exact) mass is 519 g/mol. The highest BCUT2D eigenvalue weighted by molar-refractivity contribution is 5.96. The van der Waals surface area contributed by atoms with E-state index < -0.39 is 41.9 Å². The molecular formula is C28H33N5O5. The summed E-state index contributed by atoms with van der Waals surface area (Å²) in [4.78, 5) is 65.3. The first-order chi connectivity index (χ1) is 18.3. The van der Waals surface area contributed by atoms with Crippen LogP contribution >= 0.6 is 0 Å². The molecule has 38 heavy (non-hydrogen) atoms. The first kappa shape index (κ1) is 26.8. The maximum Gasteiger partial charge on any atom is 0.245 e. The smallest absolute Gasteiger partial charge is 0.245 e. The van der Waals surface area contributed by atoms with E-state index in [-0.39, 0.29) is 31.1 Å². The Morgan fingerprint density at radius 2 is 1.58 bits per heavy atom. The Bertz CT molecular complexity index is 1170. The van der Waals surface area contributed by atoms with Gasteiger partial charge in [-0.2, -0.15) is 0 Å². The average molecular weight is 520 g/mol. The summed E-state index contributed by atoms with van der Waals surface area (Å²) in [5.74, 6) is -1.79. The summed E-state index contributed by atoms with van der Waals surface area (Å²) in [6.07, 6.45) is 1.52. The zero-order valence-electron chi connectivity index (χ0n) is 21.3. The summed E-state index contributed by atoms with van der Waals surface area (Å²) >= 11 is 0. The van der Waals surface area contributed by atoms with Gasteiger partial charge in [0.15, 0.2) is 0 Å². The minimum atomic E-state index is -0.965. The first-order valence-corrected chi connectivity index (χ1v) is 12.8. The number of hydrogen-bond donors (Lipinski definition) is 4. The molecule has 0 spiro atoms. The van der Waals surface area contributed by atoms with Crippen LogP contribution in [0.5, 0.6) is 0 Å². The van der Waals surface area contributed by atoms with Gasteiger partial charge in [-0.25, -0.2) is 0 Å². The van der Waals surface area contributed by atoms with Crippen LogP contribution in [-0.4, -0.2) is 72.2 Å². The van der Waals surface area contributed by atoms with E-state index in [1.165, 1.54) is 11.9 Å². The lowest BCUT2D eigenvalue weighted by Gasteiger charge is -2.32. The molecule has 0 bridgehead atoms. The van der Waals surface area contributed by atoms with Crippen molar-refractivity contribution in [3.8, 4) is 0 Å². The molecule has 10 heteroatoms. The molecule has 2 heterocycles. The number of carbonyl (C=O) groups excluding carboxylic acids is 5. The number of likely N-dealkylation sites (N-methyl/N-ethyl adjacent to an activating group) is 1. The SMILES string of the molecule is CN(C(=O)C(Cc1ccccc1)NC(=O)C1CCC(=O)N1)[C@@H](Cc1ccccc1)C(=O)N[C@@H]1CCNC1=O. The van der Waals surface area contributed by atoms with Crippen molar-refractivity contribution in [1.82, 2.24) is 26.2 Å². The van der Waals surface area contributed by atoms with Gasteiger partial charge in [0.2, 0.25) is 29.5 Å². The van der Waals surface area contributed by atoms with Crippen LogP contribution in [0.2, 0.25) is 0 Å². The molecule has 4 N–H and O–H groups in total. The highest BCUT2D eigenvalue weighted by Crippen LogP contribution is 2.15. The van der Waals surface area contributed by atoms with Crippen LogP contribution in [-0.2, 0) is 36.8 Å². The maximum absolute atomic E-state index is 13.9. The molecule has 0 saturated carbocycles. The molecule has 2 aliphatic heterocycles. The van der Waals surface area contributed by atoms with Crippen molar-refractivity contribution in [2.45, 2.75) is 56.3 Å². The molecule has 0 aromatic heterocycles. The van der Waals surface area contributed by atoms with Crippen molar-refractivity contribution < 1.29 is 24.0 Å². The predicted molar refractivity (Wildman–Crippen MR) is 140 cm³/mol. The van der Waals surface area contributed by atoms with Crippen molar-refractivity contribution in [1.29, 1.82) is 0 Å². The van der Waals surface area contributed by atoms with E-state index in [1.807, 2.05) is 60.7 Å². The fourth-order valence-corrected chi connectivity index (χ4v) is 4.77. The molecular weight excluding hydrogens is 486 g/mol. The van der Waals surface area contributed by atoms with Crippen molar-refractivity contribution in [3.63, 3.8) is 0 Å². The zero-order valence-corrected chi connectivity index (χ0v) is 21.3. The highest BCUT2D eigenvalue weighted by atomic mass is 16.2. The second-order valence-corrected chi connectivity index (χ2v) is 9.71. The number of nitrogens with zero attached hydrogens (tertiary/aromatic N) is 1. The third kappa shape index (κ3) is 6.76. The van der Waals surface area contributed by atoms with Gasteiger partial charge < -0.3 is 26.2 Å². The summed E-state index contributed by atoms with van der Waals surface area (Å²) in [7, 11) is 1.53. The highest BCUT2D eigenvalue weighted by Gasteiger charge is 2.36. The molecule has 2 aliphatic rings. The number of amides is 5. The Morgan fingerprint density at radius 3 is 2.13 bits per heavy atom. The number of carbonyl (C=O) groups is 5. The van der Waals surface area contributed by atoms with E-state index in [2.05, 4.69) is 21.3 Å². The number of rotatable bonds is 10. The van der Waals surface area contributed by atoms with Gasteiger partial charge in [0.25, 0.3) is 0 Å². The van der Waals surface area contributed by atoms with Gasteiger partial charge in [0, 0.05) is 32.9 Å². The Morgan fingerprint density at radius 1 is 0.947 bits per heavy atom. The summed E-state index contributed by atoms with van der Waals surface area (Å²) in [6.45, 7) is 0.477. The van der Waals surface area contributed by atoms with E-state index in [0.29, 0.717) is 19.4 Å². The maximum atomic E-state index is 13.9. The lowest BCUT2D eigenvalue weighted by molar-refractivity contribution is -0.142. The van der Waals surface area contributed by atoms with E-state index in [9.17, 15) is 24.0 Å². The quantitative estimate of drug-likeness (QED) is 0.352. The van der Waals surface area contributed by atoms with Gasteiger partial charge in [0.1, 0.15) is 24.2 Å². The Balaban J connectivity index is 1.56. The molecule has 4 rings (SSSR count). The lowest BCUT2D eigenvalue weighted by atomic mass is 10.00. The third-order valence-corrected chi connectivity index (χ3v) is 6.96. The normalized spacial score (nSPS) is 20.1. The predicted octanol–water partition coefficient (Wildman–Crippen LogP) is 0.0669. The van der Waals surface area contributed by atoms with Crippen molar-refractivity contribution in [2.24, 2.45) is 0 Å². The molecule has 5 amide bonds. The molecule has 2 unspecified atom stereocenters. The largest absolute Gasteiger partial charge is 0.354 e. The summed E-state index contributed by atoms with van der Waals surface area (Å²) in [5, 5.41) is 10.9. The first-order valence-electron chi connectivity index (χ1n) is 12.8. The summed E-state index contributed by atoms with van der Waals surface area (Å²) < 4.78 is 0. The molecule has 4 atom stereocenters. The molecule has 10 nitrogen and oxygen atoms in total. The van der Waals surface area contributed by atoms with E-state index in [1.54, 1.807) is 0 Å². The lowest BCUT2D eigenvalue weighted by Crippen LogP contribution is -2.58. The molecule has 2 aromatic rings. The Hall–Kier alpha value is -4.21. The van der Waals surface area contributed by atoms with Gasteiger partial charge in [-0.05, 0) is 24.0 Å². The van der Waals surface area contributed by atoms with Crippen LogP contribution < -0.4 is 21.3 Å². The fourth-order valence-electron chi connectivity index (χ4n) is 4.77.